The Balaban J connectivity index is 2.49. The van der Waals surface area contributed by atoms with Gasteiger partial charge in [-0.25, -0.2) is 5.32 Å². The van der Waals surface area contributed by atoms with Crippen molar-refractivity contribution in [2.45, 2.75) is 19.4 Å². The van der Waals surface area contributed by atoms with Gasteiger partial charge in [-0.1, -0.05) is 0 Å². The number of aromatic hydroxyl groups is 1. The SMILES string of the molecule is COc1cc2c(cc1O)CC[N]C2C. The maximum atomic E-state index is 9.60. The second-order valence-electron chi connectivity index (χ2n) is 3.56. The Morgan fingerprint density at radius 2 is 2.29 bits per heavy atom. The molecule has 1 atom stereocenters. The summed E-state index contributed by atoms with van der Waals surface area (Å²) in [4.78, 5) is 0. The van der Waals surface area contributed by atoms with Crippen molar-refractivity contribution in [3.05, 3.63) is 23.3 Å². The molecule has 0 spiro atoms. The summed E-state index contributed by atoms with van der Waals surface area (Å²) < 4.78 is 5.07. The van der Waals surface area contributed by atoms with E-state index in [1.165, 1.54) is 11.1 Å². The molecule has 3 heteroatoms. The molecule has 0 saturated heterocycles. The number of hydrogen-bond donors (Lipinski definition) is 1. The largest absolute Gasteiger partial charge is 0.504 e. The highest BCUT2D eigenvalue weighted by molar-refractivity contribution is 5.48. The number of hydrogen-bond acceptors (Lipinski definition) is 2. The van der Waals surface area contributed by atoms with Crippen LogP contribution in [0.25, 0.3) is 0 Å². The number of fused-ring (bicyclic) bond motifs is 1. The molecule has 75 valence electrons. The van der Waals surface area contributed by atoms with Gasteiger partial charge in [-0.15, -0.1) is 0 Å². The van der Waals surface area contributed by atoms with E-state index in [-0.39, 0.29) is 11.8 Å². The van der Waals surface area contributed by atoms with Crippen molar-refractivity contribution < 1.29 is 9.84 Å². The third-order valence-corrected chi connectivity index (χ3v) is 2.67. The van der Waals surface area contributed by atoms with Gasteiger partial charge in [-0.05, 0) is 36.6 Å². The van der Waals surface area contributed by atoms with Crippen LogP contribution in [0.3, 0.4) is 0 Å². The van der Waals surface area contributed by atoms with Crippen molar-refractivity contribution in [3.63, 3.8) is 0 Å². The van der Waals surface area contributed by atoms with Gasteiger partial charge in [-0.2, -0.15) is 0 Å². The lowest BCUT2D eigenvalue weighted by Gasteiger charge is -2.23. The maximum absolute atomic E-state index is 9.60. The summed E-state index contributed by atoms with van der Waals surface area (Å²) in [6.45, 7) is 2.91. The Hall–Kier alpha value is -1.22. The molecule has 1 N–H and O–H groups in total. The first-order valence-electron chi connectivity index (χ1n) is 4.78. The molecular weight excluding hydrogens is 178 g/mol. The average Bonchev–Trinajstić information content (AvgIpc) is 2.17. The van der Waals surface area contributed by atoms with Crippen LogP contribution in [0.15, 0.2) is 12.1 Å². The fraction of sp³-hybridized carbons (Fsp3) is 0.455. The first-order valence-corrected chi connectivity index (χ1v) is 4.78. The number of methoxy groups -OCH3 is 1. The third-order valence-electron chi connectivity index (χ3n) is 2.67. The van der Waals surface area contributed by atoms with Crippen molar-refractivity contribution in [2.75, 3.05) is 13.7 Å². The number of phenolic OH excluding ortho intramolecular Hbond substituents is 1. The van der Waals surface area contributed by atoms with Gasteiger partial charge in [0, 0.05) is 12.6 Å². The van der Waals surface area contributed by atoms with Crippen LogP contribution in [0.2, 0.25) is 0 Å². The fourth-order valence-electron chi connectivity index (χ4n) is 1.87. The van der Waals surface area contributed by atoms with Gasteiger partial charge in [0.2, 0.25) is 0 Å². The molecule has 14 heavy (non-hydrogen) atoms. The zero-order valence-corrected chi connectivity index (χ0v) is 8.45. The fourth-order valence-corrected chi connectivity index (χ4v) is 1.87. The highest BCUT2D eigenvalue weighted by atomic mass is 16.5. The molecule has 0 fully saturated rings. The standard InChI is InChI=1S/C11H14NO2/c1-7-9-6-11(14-2)10(13)5-8(9)3-4-12-7/h5-7,13H,3-4H2,1-2H3. The second-order valence-corrected chi connectivity index (χ2v) is 3.56. The van der Waals surface area contributed by atoms with E-state index in [1.54, 1.807) is 13.2 Å². The average molecular weight is 192 g/mol. The minimum absolute atomic E-state index is 0.216. The summed E-state index contributed by atoms with van der Waals surface area (Å²) in [7, 11) is 1.56. The highest BCUT2D eigenvalue weighted by Crippen LogP contribution is 2.34. The highest BCUT2D eigenvalue weighted by Gasteiger charge is 2.19. The Morgan fingerprint density at radius 3 is 3.00 bits per heavy atom. The molecule has 1 unspecified atom stereocenters. The second kappa shape index (κ2) is 3.50. The van der Waals surface area contributed by atoms with Crippen molar-refractivity contribution in [1.82, 2.24) is 5.32 Å². The first-order chi connectivity index (χ1) is 6.72. The Bertz CT molecular complexity index is 349. The van der Waals surface area contributed by atoms with Crippen molar-refractivity contribution in [1.29, 1.82) is 0 Å². The third kappa shape index (κ3) is 1.44. The zero-order chi connectivity index (χ0) is 10.1. The van der Waals surface area contributed by atoms with Crippen LogP contribution >= 0.6 is 0 Å². The molecule has 0 aromatic heterocycles. The topological polar surface area (TPSA) is 43.6 Å². The van der Waals surface area contributed by atoms with E-state index >= 15 is 0 Å². The van der Waals surface area contributed by atoms with Crippen molar-refractivity contribution in [3.8, 4) is 11.5 Å². The molecule has 1 heterocycles. The van der Waals surface area contributed by atoms with E-state index in [0.717, 1.165) is 13.0 Å². The van der Waals surface area contributed by atoms with Crippen molar-refractivity contribution in [2.24, 2.45) is 0 Å². The van der Waals surface area contributed by atoms with Gasteiger partial charge in [0.1, 0.15) is 0 Å². The predicted molar refractivity (Wildman–Crippen MR) is 53.8 cm³/mol. The molecule has 0 amide bonds. The lowest BCUT2D eigenvalue weighted by Crippen LogP contribution is -2.21. The maximum Gasteiger partial charge on any atom is 0.160 e. The smallest absolute Gasteiger partial charge is 0.160 e. The molecule has 1 radical (unpaired) electrons. The molecule has 1 aliphatic heterocycles. The van der Waals surface area contributed by atoms with Crippen LogP contribution in [0.1, 0.15) is 24.1 Å². The van der Waals surface area contributed by atoms with Crippen molar-refractivity contribution >= 4 is 0 Å². The normalized spacial score (nSPS) is 20.3. The number of rotatable bonds is 1. The Kier molecular flexibility index (Phi) is 2.33. The van der Waals surface area contributed by atoms with E-state index in [1.807, 2.05) is 6.07 Å². The van der Waals surface area contributed by atoms with Crippen LogP contribution in [-0.2, 0) is 6.42 Å². The summed E-state index contributed by atoms with van der Waals surface area (Å²) in [5.41, 5.74) is 2.36. The van der Waals surface area contributed by atoms with E-state index in [0.29, 0.717) is 5.75 Å². The first kappa shape index (κ1) is 9.34. The van der Waals surface area contributed by atoms with Crippen LogP contribution in [0.4, 0.5) is 0 Å². The van der Waals surface area contributed by atoms with E-state index in [9.17, 15) is 5.11 Å². The molecule has 1 aliphatic rings. The summed E-state index contributed by atoms with van der Waals surface area (Å²) in [6.07, 6.45) is 0.914. The zero-order valence-electron chi connectivity index (χ0n) is 8.45. The summed E-state index contributed by atoms with van der Waals surface area (Å²) in [5, 5.41) is 14.0. The van der Waals surface area contributed by atoms with Crippen LogP contribution in [0, 0.1) is 0 Å². The van der Waals surface area contributed by atoms with Gasteiger partial charge in [0.05, 0.1) is 7.11 Å². The van der Waals surface area contributed by atoms with Gasteiger partial charge in [0.15, 0.2) is 11.5 Å². The van der Waals surface area contributed by atoms with Crippen LogP contribution in [-0.4, -0.2) is 18.8 Å². The van der Waals surface area contributed by atoms with Gasteiger partial charge in [-0.3, -0.25) is 0 Å². The summed E-state index contributed by atoms with van der Waals surface area (Å²) in [5.74, 6) is 0.757. The van der Waals surface area contributed by atoms with E-state index < -0.39 is 0 Å². The molecule has 0 saturated carbocycles. The van der Waals surface area contributed by atoms with Gasteiger partial charge >= 0.3 is 0 Å². The number of benzene rings is 1. The lowest BCUT2D eigenvalue weighted by atomic mass is 9.95. The predicted octanol–water partition coefficient (Wildman–Crippen LogP) is 1.62. The van der Waals surface area contributed by atoms with E-state index in [2.05, 4.69) is 12.2 Å². The quantitative estimate of drug-likeness (QED) is 0.734. The monoisotopic (exact) mass is 192 g/mol. The number of nitrogens with zero attached hydrogens (tertiary/aromatic N) is 1. The Morgan fingerprint density at radius 1 is 1.50 bits per heavy atom. The van der Waals surface area contributed by atoms with Crippen LogP contribution in [0.5, 0.6) is 11.5 Å². The molecule has 3 nitrogen and oxygen atoms in total. The number of phenols is 1. The summed E-state index contributed by atoms with van der Waals surface area (Å²) >= 11 is 0. The van der Waals surface area contributed by atoms with Gasteiger partial charge in [0.25, 0.3) is 0 Å². The number of ether oxygens (including phenoxy) is 1. The Labute approximate surface area is 83.7 Å². The molecule has 2 rings (SSSR count). The molecule has 0 aliphatic carbocycles. The molecule has 0 bridgehead atoms. The minimum Gasteiger partial charge on any atom is -0.504 e. The summed E-state index contributed by atoms with van der Waals surface area (Å²) in [6, 6.07) is 3.89. The minimum atomic E-state index is 0.216. The molecular formula is C11H14NO2. The van der Waals surface area contributed by atoms with Gasteiger partial charge < -0.3 is 9.84 Å². The van der Waals surface area contributed by atoms with Crippen LogP contribution < -0.4 is 10.1 Å². The lowest BCUT2D eigenvalue weighted by molar-refractivity contribution is 0.370. The molecule has 1 aromatic carbocycles. The van der Waals surface area contributed by atoms with E-state index in [4.69, 9.17) is 4.74 Å². The molecule has 1 aromatic rings.